The van der Waals surface area contributed by atoms with Gasteiger partial charge in [0.2, 0.25) is 0 Å². The van der Waals surface area contributed by atoms with Crippen molar-refractivity contribution in [2.45, 2.75) is 324 Å². The molecule has 0 heterocycles. The number of unbranched alkanes of at least 4 members (excludes halogenated alkanes) is 8. The molecule has 6 nitrogen and oxygen atoms in total. The van der Waals surface area contributed by atoms with Crippen molar-refractivity contribution in [3.05, 3.63) is 57.6 Å². The van der Waals surface area contributed by atoms with E-state index in [0.29, 0.717) is 17.4 Å². The molecular formula is C72H130N4O2+2. The van der Waals surface area contributed by atoms with Crippen LogP contribution >= 0.6 is 0 Å². The minimum atomic E-state index is -0.366. The number of aromatic hydroxyl groups is 2. The quantitative estimate of drug-likeness (QED) is 0.0400. The van der Waals surface area contributed by atoms with Gasteiger partial charge in [0.05, 0.1) is 63.4 Å². The Labute approximate surface area is 485 Å². The summed E-state index contributed by atoms with van der Waals surface area (Å²) >= 11 is 0. The second kappa shape index (κ2) is 33.4. The fourth-order valence-corrected chi connectivity index (χ4v) is 13.6. The molecule has 6 heteroatoms. The summed E-state index contributed by atoms with van der Waals surface area (Å²) in [6, 6.07) is 9.38. The lowest BCUT2D eigenvalue weighted by atomic mass is 9.72. The molecule has 448 valence electrons. The first kappa shape index (κ1) is 69.6. The maximum Gasteiger partial charge on any atom is 0.128 e. The van der Waals surface area contributed by atoms with E-state index in [9.17, 15) is 10.2 Å². The highest BCUT2D eigenvalue weighted by atomic mass is 16.3. The van der Waals surface area contributed by atoms with E-state index in [2.05, 4.69) is 148 Å². The van der Waals surface area contributed by atoms with Crippen molar-refractivity contribution < 1.29 is 19.2 Å². The number of nitrogens with zero attached hydrogens (tertiary/aromatic N) is 4. The SMILES string of the molecule is CCCCC(CCCC)c1cc(C=N[C@@]2(C)CCCC[C@](C)(N=Cc3cc(C(C)(CCC[N+](CCCC)(CCCC)CCCC)CCC[N+](CCCC)(CCCC)CCCC)cc(C(C)(C)C)c3O)C2)c(O)c(C(C)(C)C)c1. The van der Waals surface area contributed by atoms with Gasteiger partial charge in [-0.3, -0.25) is 9.98 Å². The average Bonchev–Trinajstić information content (AvgIpc) is 3.55. The summed E-state index contributed by atoms with van der Waals surface area (Å²) in [6.07, 6.45) is 36.4. The van der Waals surface area contributed by atoms with Crippen molar-refractivity contribution in [3.63, 3.8) is 0 Å². The predicted octanol–water partition coefficient (Wildman–Crippen LogP) is 20.4. The van der Waals surface area contributed by atoms with Crippen molar-refractivity contribution in [3.8, 4) is 11.5 Å². The third-order valence-corrected chi connectivity index (χ3v) is 19.0. The van der Waals surface area contributed by atoms with Crippen molar-refractivity contribution in [1.82, 2.24) is 0 Å². The van der Waals surface area contributed by atoms with Gasteiger partial charge in [0.25, 0.3) is 0 Å². The van der Waals surface area contributed by atoms with Crippen LogP contribution in [-0.2, 0) is 16.2 Å². The normalized spacial score (nSPS) is 18.3. The molecule has 0 saturated heterocycles. The molecule has 2 aromatic carbocycles. The summed E-state index contributed by atoms with van der Waals surface area (Å²) in [4.78, 5) is 11.1. The van der Waals surface area contributed by atoms with Gasteiger partial charge >= 0.3 is 0 Å². The van der Waals surface area contributed by atoms with Gasteiger partial charge in [-0.25, -0.2) is 0 Å². The second-order valence-corrected chi connectivity index (χ2v) is 28.7. The third-order valence-electron chi connectivity index (χ3n) is 19.0. The largest absolute Gasteiger partial charge is 0.507 e. The minimum Gasteiger partial charge on any atom is -0.507 e. The van der Waals surface area contributed by atoms with Crippen LogP contribution in [0.5, 0.6) is 11.5 Å². The van der Waals surface area contributed by atoms with Gasteiger partial charge in [-0.2, -0.15) is 0 Å². The molecule has 1 aliphatic carbocycles. The highest BCUT2D eigenvalue weighted by Gasteiger charge is 2.39. The fraction of sp³-hybridized carbons (Fsp3) is 0.806. The summed E-state index contributed by atoms with van der Waals surface area (Å²) < 4.78 is 2.56. The lowest BCUT2D eigenvalue weighted by Crippen LogP contribution is -2.51. The van der Waals surface area contributed by atoms with E-state index < -0.39 is 0 Å². The van der Waals surface area contributed by atoms with Crippen LogP contribution in [0.4, 0.5) is 0 Å². The highest BCUT2D eigenvalue weighted by Crippen LogP contribution is 2.44. The minimum absolute atomic E-state index is 0.0522. The van der Waals surface area contributed by atoms with Crippen molar-refractivity contribution in [1.29, 1.82) is 0 Å². The number of phenols is 2. The molecule has 1 saturated carbocycles. The topological polar surface area (TPSA) is 65.2 Å². The Morgan fingerprint density at radius 3 is 1.15 bits per heavy atom. The monoisotopic (exact) mass is 1080 g/mol. The molecule has 2 N–H and O–H groups in total. The van der Waals surface area contributed by atoms with Crippen LogP contribution in [0.2, 0.25) is 0 Å². The number of benzene rings is 2. The summed E-state index contributed by atoms with van der Waals surface area (Å²) in [7, 11) is 0. The zero-order valence-corrected chi connectivity index (χ0v) is 55.0. The first-order valence-electron chi connectivity index (χ1n) is 33.5. The molecule has 0 spiro atoms. The maximum atomic E-state index is 12.5. The van der Waals surface area contributed by atoms with Gasteiger partial charge < -0.3 is 19.2 Å². The number of hydrogen-bond donors (Lipinski definition) is 2. The van der Waals surface area contributed by atoms with E-state index in [0.717, 1.165) is 67.2 Å². The van der Waals surface area contributed by atoms with Crippen LogP contribution in [-0.4, -0.2) is 95.0 Å². The summed E-state index contributed by atoms with van der Waals surface area (Å²) in [5, 5.41) is 24.4. The third kappa shape index (κ3) is 21.9. The first-order chi connectivity index (χ1) is 36.9. The van der Waals surface area contributed by atoms with Gasteiger partial charge in [0, 0.05) is 34.7 Å². The van der Waals surface area contributed by atoms with E-state index in [1.807, 2.05) is 6.21 Å². The van der Waals surface area contributed by atoms with Gasteiger partial charge in [0.1, 0.15) is 11.5 Å². The first-order valence-corrected chi connectivity index (χ1v) is 33.5. The number of hydrogen-bond acceptors (Lipinski definition) is 4. The second-order valence-electron chi connectivity index (χ2n) is 28.7. The Bertz CT molecular complexity index is 1960. The number of rotatable bonds is 38. The molecule has 0 bridgehead atoms. The van der Waals surface area contributed by atoms with Crippen LogP contribution in [0, 0.1) is 0 Å². The Kier molecular flexibility index (Phi) is 29.8. The van der Waals surface area contributed by atoms with Gasteiger partial charge in [-0.15, -0.1) is 0 Å². The molecule has 0 aromatic heterocycles. The zero-order chi connectivity index (χ0) is 58.1. The molecule has 0 aliphatic heterocycles. The molecular weight excluding hydrogens is 953 g/mol. The van der Waals surface area contributed by atoms with E-state index in [1.165, 1.54) is 201 Å². The van der Waals surface area contributed by atoms with E-state index in [4.69, 9.17) is 9.98 Å². The molecule has 0 radical (unpaired) electrons. The van der Waals surface area contributed by atoms with Crippen LogP contribution in [0.3, 0.4) is 0 Å². The zero-order valence-electron chi connectivity index (χ0n) is 55.0. The molecule has 0 unspecified atom stereocenters. The van der Waals surface area contributed by atoms with E-state index >= 15 is 0 Å². The Hall–Kier alpha value is -2.70. The standard InChI is InChI=1S/C72H128N4O2/c1-18-26-38-59(39-27-19-2)60-52-61(66(77)64(54-60)68(9,10)11)56-73-71(16)42-34-35-43-72(17,58-71)74-57-62-53-63(55-65(67(62)78)69(12,13)14)70(15,40-36-50-75(44-28-20-3,45-29-21-4)46-30-22-5)41-37-51-76(47-31-23-6,48-32-24-7)49-33-25-8/h52-57,59H,18-51,58H2,1-17H3/p+2/t71-,72-/m0/s1. The number of phenolic OH excluding ortho intramolecular Hbond substituents is 2. The van der Waals surface area contributed by atoms with Gasteiger partial charge in [-0.05, 0) is 156 Å². The average molecular weight is 1080 g/mol. The van der Waals surface area contributed by atoms with Crippen LogP contribution in [0.25, 0.3) is 0 Å². The predicted molar refractivity (Wildman–Crippen MR) is 345 cm³/mol. The van der Waals surface area contributed by atoms with Crippen LogP contribution < -0.4 is 0 Å². The number of quaternary nitrogens is 2. The van der Waals surface area contributed by atoms with Gasteiger partial charge in [0.15, 0.2) is 0 Å². The Morgan fingerprint density at radius 2 is 0.808 bits per heavy atom. The molecule has 78 heavy (non-hydrogen) atoms. The smallest absolute Gasteiger partial charge is 0.128 e. The lowest BCUT2D eigenvalue weighted by Gasteiger charge is -2.42. The summed E-state index contributed by atoms with van der Waals surface area (Å²) in [6.45, 7) is 50.0. The molecule has 2 aromatic rings. The van der Waals surface area contributed by atoms with E-state index in [1.54, 1.807) is 0 Å². The summed E-state index contributed by atoms with van der Waals surface area (Å²) in [5.41, 5.74) is 5.30. The van der Waals surface area contributed by atoms with Crippen molar-refractivity contribution >= 4 is 12.4 Å². The van der Waals surface area contributed by atoms with Crippen molar-refractivity contribution in [2.24, 2.45) is 9.98 Å². The fourth-order valence-electron chi connectivity index (χ4n) is 13.6. The summed E-state index contributed by atoms with van der Waals surface area (Å²) in [5.74, 6) is 1.25. The maximum absolute atomic E-state index is 12.5. The van der Waals surface area contributed by atoms with E-state index in [-0.39, 0.29) is 27.3 Å². The molecule has 2 atom stereocenters. The molecule has 1 aliphatic rings. The van der Waals surface area contributed by atoms with Crippen molar-refractivity contribution in [2.75, 3.05) is 52.4 Å². The molecule has 0 amide bonds. The molecule has 1 fully saturated rings. The van der Waals surface area contributed by atoms with Gasteiger partial charge in [-0.1, -0.05) is 193 Å². The molecule has 3 rings (SSSR count). The van der Waals surface area contributed by atoms with Crippen LogP contribution in [0.1, 0.15) is 330 Å². The number of aliphatic imine (C=N–C) groups is 2. The Morgan fingerprint density at radius 1 is 0.474 bits per heavy atom. The van der Waals surface area contributed by atoms with Crippen LogP contribution in [0.15, 0.2) is 34.3 Å². The lowest BCUT2D eigenvalue weighted by molar-refractivity contribution is -0.929. The highest BCUT2D eigenvalue weighted by molar-refractivity contribution is 5.86. The Balaban J connectivity index is 2.20.